The number of carboxylic acid groups (broad SMARTS) is 1. The minimum Gasteiger partial charge on any atom is -0.481 e. The molecule has 1 unspecified atom stereocenters. The van der Waals surface area contributed by atoms with Crippen molar-refractivity contribution in [3.05, 3.63) is 87.8 Å². The number of nitrogens with zero attached hydrogens (tertiary/aromatic N) is 2. The lowest BCUT2D eigenvalue weighted by molar-refractivity contribution is -0.137. The SMILES string of the molecule is C/C=C1\C(=NC)C=CC(C)=C1c1cc(C)c(F)c(C(CC(=O)O)NC)c1.C/C=C\C=C(\C=O)C(C)=O.CC.CCCN1CC(C)C1.CC[C@H](C=O)CC(C)C. The van der Waals surface area contributed by atoms with E-state index in [1.54, 1.807) is 45.3 Å². The maximum Gasteiger partial charge on any atom is 0.305 e. The van der Waals surface area contributed by atoms with Crippen molar-refractivity contribution in [2.45, 2.75) is 115 Å². The molecule has 1 aliphatic carbocycles. The second kappa shape index (κ2) is 30.2. The molecule has 1 aromatic rings. The summed E-state index contributed by atoms with van der Waals surface area (Å²) in [6.45, 7) is 27.7. The van der Waals surface area contributed by atoms with Gasteiger partial charge in [0.25, 0.3) is 0 Å². The number of Topliss-reactive ketones (excluding diaryl/α,β-unsaturated/α-hetero) is 1. The standard InChI is InChI=1S/C21H25FN2O2.C8H10O2.C8H16O.C7H15N.C2H6/c1-6-15-17(23-4)8-7-12(2)20(15)14-9-13(3)21(22)16(10-14)18(24-5)11-19(25)26;1-3-4-5-8(6-9)7(2)10;1-4-8(6-9)5-7(2)3;1-3-4-8-5-7(2)6-8;1-2/h6-10,18,24H,11H2,1-5H3,(H,25,26);3-6H,1-2H3;6-8H,4-5H2,1-3H3;7H,3-6H2,1-2H3;1-2H3/b15-6+,23-17?;4-3-,8-5-;;;/t;;8-;;/m..0../s1. The summed E-state index contributed by atoms with van der Waals surface area (Å²) < 4.78 is 14.8. The molecule has 0 bridgehead atoms. The van der Waals surface area contributed by atoms with Gasteiger partial charge in [-0.1, -0.05) is 72.8 Å². The lowest BCUT2D eigenvalue weighted by atomic mass is 9.84. The summed E-state index contributed by atoms with van der Waals surface area (Å²) in [6, 6.07) is 2.96. The molecule has 3 rings (SSSR count). The highest BCUT2D eigenvalue weighted by molar-refractivity contribution is 6.21. The fraction of sp³-hybridized carbons (Fsp3) is 0.543. The van der Waals surface area contributed by atoms with Crippen LogP contribution in [0, 0.1) is 30.5 Å². The van der Waals surface area contributed by atoms with Crippen LogP contribution in [-0.4, -0.2) is 73.8 Å². The number of benzene rings is 1. The summed E-state index contributed by atoms with van der Waals surface area (Å²) in [5, 5.41) is 12.1. The molecule has 1 heterocycles. The van der Waals surface area contributed by atoms with E-state index in [-0.39, 0.29) is 23.6 Å². The summed E-state index contributed by atoms with van der Waals surface area (Å²) in [4.78, 5) is 48.9. The van der Waals surface area contributed by atoms with Crippen molar-refractivity contribution in [1.29, 1.82) is 0 Å². The number of ketones is 1. The van der Waals surface area contributed by atoms with E-state index in [1.165, 1.54) is 39.1 Å². The zero-order chi connectivity index (χ0) is 42.7. The summed E-state index contributed by atoms with van der Waals surface area (Å²) in [5.41, 5.74) is 5.83. The van der Waals surface area contributed by atoms with Crippen molar-refractivity contribution in [3.8, 4) is 0 Å². The van der Waals surface area contributed by atoms with Crippen molar-refractivity contribution in [2.24, 2.45) is 22.7 Å². The monoisotopic (exact) mass is 766 g/mol. The number of carbonyl (C=O) groups is 4. The van der Waals surface area contributed by atoms with Gasteiger partial charge in [-0.3, -0.25) is 19.4 Å². The first-order chi connectivity index (χ1) is 26.1. The minimum atomic E-state index is -0.975. The molecule has 2 aliphatic rings. The predicted octanol–water partition coefficient (Wildman–Crippen LogP) is 10.1. The van der Waals surface area contributed by atoms with Gasteiger partial charge in [0.2, 0.25) is 0 Å². The molecular formula is C46H72FN3O5. The molecule has 2 atom stereocenters. The van der Waals surface area contributed by atoms with Gasteiger partial charge in [-0.05, 0) is 126 Å². The maximum absolute atomic E-state index is 14.8. The highest BCUT2D eigenvalue weighted by Gasteiger charge is 2.24. The molecule has 1 saturated heterocycles. The Morgan fingerprint density at radius 3 is 2.09 bits per heavy atom. The van der Waals surface area contributed by atoms with Crippen LogP contribution in [0.5, 0.6) is 0 Å². The van der Waals surface area contributed by atoms with E-state index in [4.69, 9.17) is 5.11 Å². The average Bonchev–Trinajstić information content (AvgIpc) is 3.15. The van der Waals surface area contributed by atoms with E-state index < -0.39 is 12.0 Å². The second-order valence-corrected chi connectivity index (χ2v) is 14.0. The number of nitrogens with one attached hydrogen (secondary N) is 1. The Balaban J connectivity index is 0. The van der Waals surface area contributed by atoms with Gasteiger partial charge in [0.1, 0.15) is 12.1 Å². The van der Waals surface area contributed by atoms with Crippen molar-refractivity contribution in [1.82, 2.24) is 10.2 Å². The topological polar surface area (TPSA) is 116 Å². The van der Waals surface area contributed by atoms with Crippen LogP contribution in [0.4, 0.5) is 4.39 Å². The van der Waals surface area contributed by atoms with E-state index >= 15 is 0 Å². The largest absolute Gasteiger partial charge is 0.481 e. The number of aryl methyl sites for hydroxylation is 1. The molecule has 8 nitrogen and oxygen atoms in total. The number of aliphatic carboxylic acids is 1. The molecular weight excluding hydrogens is 694 g/mol. The Morgan fingerprint density at radius 1 is 1.09 bits per heavy atom. The summed E-state index contributed by atoms with van der Waals surface area (Å²) in [5.74, 6) is 0.377. The van der Waals surface area contributed by atoms with Crippen LogP contribution < -0.4 is 5.32 Å². The normalized spacial score (nSPS) is 16.8. The first-order valence-electron chi connectivity index (χ1n) is 19.8. The van der Waals surface area contributed by atoms with Crippen LogP contribution in [0.15, 0.2) is 70.3 Å². The molecule has 1 aromatic carbocycles. The molecule has 0 amide bonds. The fourth-order valence-electron chi connectivity index (χ4n) is 6.02. The maximum atomic E-state index is 14.8. The summed E-state index contributed by atoms with van der Waals surface area (Å²) >= 11 is 0. The van der Waals surface area contributed by atoms with Crippen LogP contribution in [0.3, 0.4) is 0 Å². The van der Waals surface area contributed by atoms with E-state index in [0.717, 1.165) is 53.0 Å². The van der Waals surface area contributed by atoms with Crippen LogP contribution in [0.1, 0.15) is 125 Å². The Kier molecular flexibility index (Phi) is 29.1. The molecule has 1 fully saturated rings. The minimum absolute atomic E-state index is 0.188. The zero-order valence-corrected chi connectivity index (χ0v) is 36.4. The molecule has 0 aromatic heterocycles. The van der Waals surface area contributed by atoms with Gasteiger partial charge < -0.3 is 20.1 Å². The van der Waals surface area contributed by atoms with Gasteiger partial charge in [0, 0.05) is 43.2 Å². The third-order valence-electron chi connectivity index (χ3n) is 8.81. The molecule has 0 saturated carbocycles. The lowest BCUT2D eigenvalue weighted by Gasteiger charge is -2.36. The number of rotatable bonds is 14. The number of allylic oxidation sites excluding steroid dienone is 10. The average molecular weight is 766 g/mol. The van der Waals surface area contributed by atoms with Gasteiger partial charge in [0.05, 0.1) is 17.7 Å². The van der Waals surface area contributed by atoms with Gasteiger partial charge in [-0.25, -0.2) is 4.39 Å². The zero-order valence-electron chi connectivity index (χ0n) is 36.4. The number of halogens is 1. The van der Waals surface area contributed by atoms with E-state index in [1.807, 2.05) is 52.8 Å². The molecule has 1 aliphatic heterocycles. The first-order valence-corrected chi connectivity index (χ1v) is 19.8. The first kappa shape index (κ1) is 53.0. The fourth-order valence-corrected chi connectivity index (χ4v) is 6.02. The third-order valence-corrected chi connectivity index (χ3v) is 8.81. The smallest absolute Gasteiger partial charge is 0.305 e. The summed E-state index contributed by atoms with van der Waals surface area (Å²) in [7, 11) is 3.38. The number of hydrogen-bond acceptors (Lipinski definition) is 7. The number of carboxylic acids is 1. The van der Waals surface area contributed by atoms with E-state index in [9.17, 15) is 23.6 Å². The summed E-state index contributed by atoms with van der Waals surface area (Å²) in [6.07, 6.45) is 15.6. The van der Waals surface area contributed by atoms with Crippen molar-refractivity contribution < 1.29 is 28.7 Å². The van der Waals surface area contributed by atoms with E-state index in [0.29, 0.717) is 29.2 Å². The van der Waals surface area contributed by atoms with E-state index in [2.05, 4.69) is 49.8 Å². The van der Waals surface area contributed by atoms with Crippen molar-refractivity contribution in [3.63, 3.8) is 0 Å². The van der Waals surface area contributed by atoms with Crippen molar-refractivity contribution >= 4 is 35.6 Å². The second-order valence-electron chi connectivity index (χ2n) is 14.0. The van der Waals surface area contributed by atoms with Gasteiger partial charge in [-0.15, -0.1) is 0 Å². The molecule has 2 N–H and O–H groups in total. The number of aliphatic imine (C=N–C) groups is 1. The Morgan fingerprint density at radius 2 is 1.71 bits per heavy atom. The van der Waals surface area contributed by atoms with Crippen LogP contribution >= 0.6 is 0 Å². The number of hydrogen-bond donors (Lipinski definition) is 2. The molecule has 0 radical (unpaired) electrons. The third kappa shape index (κ3) is 19.9. The van der Waals surface area contributed by atoms with Crippen LogP contribution in [0.2, 0.25) is 0 Å². The van der Waals surface area contributed by atoms with Gasteiger partial charge in [0.15, 0.2) is 12.1 Å². The Labute approximate surface area is 332 Å². The predicted molar refractivity (Wildman–Crippen MR) is 230 cm³/mol. The van der Waals surface area contributed by atoms with Gasteiger partial charge in [-0.2, -0.15) is 0 Å². The molecule has 9 heteroatoms. The Hall–Kier alpha value is -4.08. The number of aldehydes is 2. The highest BCUT2D eigenvalue weighted by atomic mass is 19.1. The lowest BCUT2D eigenvalue weighted by Crippen LogP contribution is -2.45. The molecule has 308 valence electrons. The van der Waals surface area contributed by atoms with Crippen LogP contribution in [0.25, 0.3) is 5.57 Å². The number of carbonyl (C=O) groups excluding carboxylic acids is 3. The van der Waals surface area contributed by atoms with Crippen LogP contribution in [-0.2, 0) is 19.2 Å². The highest BCUT2D eigenvalue weighted by Crippen LogP contribution is 2.35. The van der Waals surface area contributed by atoms with Crippen molar-refractivity contribution in [2.75, 3.05) is 33.7 Å². The molecule has 0 spiro atoms. The quantitative estimate of drug-likeness (QED) is 0.0637. The Bertz CT molecular complexity index is 1520. The van der Waals surface area contributed by atoms with Gasteiger partial charge >= 0.3 is 5.97 Å². The molecule has 55 heavy (non-hydrogen) atoms. The number of likely N-dealkylation sites (tertiary alicyclic amines) is 1.